The van der Waals surface area contributed by atoms with Crippen LogP contribution in [0, 0.1) is 11.8 Å². The van der Waals surface area contributed by atoms with E-state index in [2.05, 4.69) is 29.3 Å². The first kappa shape index (κ1) is 20.3. The molecule has 0 amide bonds. The first-order valence-electron chi connectivity index (χ1n) is 8.78. The van der Waals surface area contributed by atoms with Crippen molar-refractivity contribution in [2.24, 2.45) is 0 Å². The van der Waals surface area contributed by atoms with Crippen LogP contribution in [0.5, 0.6) is 0 Å². The number of hydrogen-bond acceptors (Lipinski definition) is 3. The molecule has 1 aliphatic rings. The summed E-state index contributed by atoms with van der Waals surface area (Å²) in [5.41, 5.74) is 1.74. The molecule has 1 aromatic heterocycles. The van der Waals surface area contributed by atoms with Gasteiger partial charge in [-0.05, 0) is 36.8 Å². The van der Waals surface area contributed by atoms with Gasteiger partial charge in [-0.3, -0.25) is 0 Å². The van der Waals surface area contributed by atoms with Gasteiger partial charge in [0.2, 0.25) is 0 Å². The highest BCUT2D eigenvalue weighted by molar-refractivity contribution is 7.99. The van der Waals surface area contributed by atoms with Gasteiger partial charge in [-0.15, -0.1) is 0 Å². The summed E-state index contributed by atoms with van der Waals surface area (Å²) in [5, 5.41) is 4.31. The maximum atomic E-state index is 13.0. The van der Waals surface area contributed by atoms with Gasteiger partial charge in [-0.1, -0.05) is 30.2 Å². The average molecular weight is 406 g/mol. The van der Waals surface area contributed by atoms with Crippen LogP contribution in [0.2, 0.25) is 0 Å². The van der Waals surface area contributed by atoms with Crippen molar-refractivity contribution in [2.45, 2.75) is 24.4 Å². The molecule has 0 fully saturated rings. The molecule has 3 nitrogen and oxygen atoms in total. The molecule has 0 spiro atoms. The topological polar surface area (TPSA) is 26.2 Å². The SMILES string of the molecule is COC1=CC(SC)CC=C1NCC#Cc1cc2ccccc2n1CC(F)(F)F. The lowest BCUT2D eigenvalue weighted by molar-refractivity contribution is -0.140. The summed E-state index contributed by atoms with van der Waals surface area (Å²) in [6.07, 6.45) is 2.75. The van der Waals surface area contributed by atoms with Crippen LogP contribution in [0.4, 0.5) is 13.2 Å². The van der Waals surface area contributed by atoms with Crippen LogP contribution >= 0.6 is 11.8 Å². The predicted molar refractivity (Wildman–Crippen MR) is 108 cm³/mol. The lowest BCUT2D eigenvalue weighted by atomic mass is 10.1. The van der Waals surface area contributed by atoms with Crippen LogP contribution in [0.1, 0.15) is 12.1 Å². The van der Waals surface area contributed by atoms with Crippen molar-refractivity contribution in [3.05, 3.63) is 59.6 Å². The van der Waals surface area contributed by atoms with E-state index in [0.717, 1.165) is 23.3 Å². The fraction of sp³-hybridized carbons (Fsp3) is 0.333. The van der Waals surface area contributed by atoms with Crippen LogP contribution < -0.4 is 5.32 Å². The Labute approximate surface area is 166 Å². The second-order valence-corrected chi connectivity index (χ2v) is 7.38. The minimum atomic E-state index is -4.31. The average Bonchev–Trinajstić information content (AvgIpc) is 3.01. The highest BCUT2D eigenvalue weighted by Gasteiger charge is 2.29. The summed E-state index contributed by atoms with van der Waals surface area (Å²) in [6.45, 7) is -0.750. The third-order valence-corrected chi connectivity index (χ3v) is 5.35. The highest BCUT2D eigenvalue weighted by atomic mass is 32.2. The first-order chi connectivity index (χ1) is 13.4. The monoisotopic (exact) mass is 406 g/mol. The zero-order valence-electron chi connectivity index (χ0n) is 15.6. The van der Waals surface area contributed by atoms with E-state index in [1.165, 1.54) is 4.57 Å². The molecule has 0 radical (unpaired) electrons. The molecule has 2 aromatic rings. The van der Waals surface area contributed by atoms with Gasteiger partial charge < -0.3 is 14.6 Å². The fourth-order valence-corrected chi connectivity index (χ4v) is 3.65. The Bertz CT molecular complexity index is 963. The van der Waals surface area contributed by atoms with Gasteiger partial charge in [0.25, 0.3) is 0 Å². The van der Waals surface area contributed by atoms with Crippen molar-refractivity contribution in [2.75, 3.05) is 19.9 Å². The lowest BCUT2D eigenvalue weighted by Gasteiger charge is -2.20. The van der Waals surface area contributed by atoms with Crippen molar-refractivity contribution >= 4 is 22.7 Å². The molecular formula is C21H21F3N2OS. The number of hydrogen-bond donors (Lipinski definition) is 1. The zero-order valence-corrected chi connectivity index (χ0v) is 16.5. The van der Waals surface area contributed by atoms with Crippen molar-refractivity contribution in [1.82, 2.24) is 9.88 Å². The largest absolute Gasteiger partial charge is 0.495 e. The van der Waals surface area contributed by atoms with E-state index >= 15 is 0 Å². The fourth-order valence-electron chi connectivity index (χ4n) is 3.10. The quantitative estimate of drug-likeness (QED) is 0.730. The Morgan fingerprint density at radius 2 is 2.11 bits per heavy atom. The molecule has 1 aromatic carbocycles. The summed E-state index contributed by atoms with van der Waals surface area (Å²) < 4.78 is 45.6. The molecule has 1 N–H and O–H groups in total. The number of alkyl halides is 3. The van der Waals surface area contributed by atoms with Gasteiger partial charge in [0.1, 0.15) is 12.3 Å². The van der Waals surface area contributed by atoms with Gasteiger partial charge in [-0.25, -0.2) is 0 Å². The number of halogens is 3. The van der Waals surface area contributed by atoms with Gasteiger partial charge >= 0.3 is 6.18 Å². The van der Waals surface area contributed by atoms with Gasteiger partial charge in [0, 0.05) is 16.2 Å². The second-order valence-electron chi connectivity index (χ2n) is 6.31. The van der Waals surface area contributed by atoms with E-state index in [9.17, 15) is 13.2 Å². The minimum Gasteiger partial charge on any atom is -0.495 e. The number of thioether (sulfide) groups is 1. The number of methoxy groups -OCH3 is 1. The molecule has 0 aliphatic heterocycles. The van der Waals surface area contributed by atoms with Crippen molar-refractivity contribution in [1.29, 1.82) is 0 Å². The van der Waals surface area contributed by atoms with E-state index < -0.39 is 12.7 Å². The first-order valence-corrected chi connectivity index (χ1v) is 10.1. The van der Waals surface area contributed by atoms with Crippen LogP contribution in [-0.4, -0.2) is 35.9 Å². The van der Waals surface area contributed by atoms with Crippen LogP contribution in [0.3, 0.4) is 0 Å². The smallest absolute Gasteiger partial charge is 0.406 e. The zero-order chi connectivity index (χ0) is 20.1. The molecule has 148 valence electrons. The number of nitrogens with one attached hydrogen (secondary N) is 1. The van der Waals surface area contributed by atoms with Crippen LogP contribution in [-0.2, 0) is 11.3 Å². The molecule has 1 aliphatic carbocycles. The summed E-state index contributed by atoms with van der Waals surface area (Å²) in [7, 11) is 1.62. The van der Waals surface area contributed by atoms with E-state index in [1.54, 1.807) is 49.2 Å². The van der Waals surface area contributed by atoms with E-state index in [4.69, 9.17) is 4.74 Å². The van der Waals surface area contributed by atoms with E-state index in [1.807, 2.05) is 6.26 Å². The molecule has 7 heteroatoms. The Balaban J connectivity index is 1.76. The number of ether oxygens (including phenoxy) is 1. The summed E-state index contributed by atoms with van der Waals surface area (Å²) >= 11 is 1.75. The molecule has 0 bridgehead atoms. The minimum absolute atomic E-state index is 0.310. The van der Waals surface area contributed by atoms with Gasteiger partial charge in [0.15, 0.2) is 0 Å². The van der Waals surface area contributed by atoms with E-state index in [0.29, 0.717) is 23.0 Å². The molecule has 1 heterocycles. The maximum Gasteiger partial charge on any atom is 0.406 e. The molecule has 0 saturated heterocycles. The standard InChI is InChI=1S/C21H21F3N2OS/c1-27-20-13-17(28-2)9-10-18(20)25-11-5-7-16-12-15-6-3-4-8-19(15)26(16)14-21(22,23)24/h3-4,6,8,10,12-13,17,25H,9,11,14H2,1-2H3. The van der Waals surface area contributed by atoms with Gasteiger partial charge in [-0.2, -0.15) is 24.9 Å². The molecule has 3 rings (SSSR count). The molecule has 0 saturated carbocycles. The third kappa shape index (κ3) is 4.87. The second kappa shape index (κ2) is 8.70. The van der Waals surface area contributed by atoms with Crippen molar-refractivity contribution < 1.29 is 17.9 Å². The number of allylic oxidation sites excluding steroid dienone is 1. The lowest BCUT2D eigenvalue weighted by Crippen LogP contribution is -2.20. The number of fused-ring (bicyclic) bond motifs is 1. The summed E-state index contributed by atoms with van der Waals surface area (Å²) in [6, 6.07) is 8.68. The Morgan fingerprint density at radius 1 is 1.32 bits per heavy atom. The van der Waals surface area contributed by atoms with Crippen molar-refractivity contribution in [3.8, 4) is 11.8 Å². The number of para-hydroxylation sites is 1. The molecule has 1 unspecified atom stereocenters. The van der Waals surface area contributed by atoms with Crippen LogP contribution in [0.15, 0.2) is 53.9 Å². The molecule has 1 atom stereocenters. The van der Waals surface area contributed by atoms with Gasteiger partial charge in [0.05, 0.1) is 25.0 Å². The number of benzene rings is 1. The molecule has 28 heavy (non-hydrogen) atoms. The Hall–Kier alpha value is -2.46. The van der Waals surface area contributed by atoms with E-state index in [-0.39, 0.29) is 0 Å². The normalized spacial score (nSPS) is 16.8. The highest BCUT2D eigenvalue weighted by Crippen LogP contribution is 2.26. The number of aromatic nitrogens is 1. The predicted octanol–water partition coefficient (Wildman–Crippen LogP) is 4.69. The Kier molecular flexibility index (Phi) is 6.30. The number of nitrogens with zero attached hydrogens (tertiary/aromatic N) is 1. The van der Waals surface area contributed by atoms with Crippen LogP contribution in [0.25, 0.3) is 10.9 Å². The molecular weight excluding hydrogens is 385 g/mol. The van der Waals surface area contributed by atoms with Crippen molar-refractivity contribution in [3.63, 3.8) is 0 Å². The summed E-state index contributed by atoms with van der Waals surface area (Å²) in [4.78, 5) is 0. The third-order valence-electron chi connectivity index (χ3n) is 4.41. The number of rotatable bonds is 5. The summed E-state index contributed by atoms with van der Waals surface area (Å²) in [5.74, 6) is 6.57. The Morgan fingerprint density at radius 3 is 2.82 bits per heavy atom. The maximum absolute atomic E-state index is 13.0.